The predicted molar refractivity (Wildman–Crippen MR) is 113 cm³/mol. The molecule has 1 fully saturated rings. The molecular formula is C24H20F5N4O. The molecule has 2 heterocycles. The normalized spacial score (nSPS) is 17.6. The van der Waals surface area contributed by atoms with E-state index in [0.717, 1.165) is 6.07 Å². The zero-order chi connectivity index (χ0) is 24.5. The van der Waals surface area contributed by atoms with E-state index < -0.39 is 34.8 Å². The number of hydrogen-bond acceptors (Lipinski definition) is 3. The van der Waals surface area contributed by atoms with E-state index in [0.29, 0.717) is 12.0 Å². The third-order valence-corrected chi connectivity index (χ3v) is 6.92. The third-order valence-electron chi connectivity index (χ3n) is 6.92. The van der Waals surface area contributed by atoms with Crippen LogP contribution in [0.4, 0.5) is 27.6 Å². The first-order chi connectivity index (χ1) is 16.0. The van der Waals surface area contributed by atoms with Crippen molar-refractivity contribution in [2.45, 2.75) is 43.3 Å². The second-order valence-corrected chi connectivity index (χ2v) is 8.88. The standard InChI is InChI=1S/C24H20F5N4O/c1-14-9-17-18(19(10-14)24(27,28)29)12-33(20(17)34)16-6-3-5-15(11-16)22(7-4-8-22)23(25,26)21-31-30-13-32(21)2/h3,5-6,9-11,13H,1,4,7-8,12H2,2H3. The van der Waals surface area contributed by atoms with Gasteiger partial charge in [-0.3, -0.25) is 4.79 Å². The number of aryl methyl sites for hydroxylation is 1. The molecule has 1 radical (unpaired) electrons. The fourth-order valence-corrected chi connectivity index (χ4v) is 5.00. The highest BCUT2D eigenvalue weighted by atomic mass is 19.4. The second-order valence-electron chi connectivity index (χ2n) is 8.88. The van der Waals surface area contributed by atoms with E-state index in [1.165, 1.54) is 35.0 Å². The second kappa shape index (κ2) is 7.35. The predicted octanol–water partition coefficient (Wildman–Crippen LogP) is 5.39. The molecule has 0 bridgehead atoms. The Morgan fingerprint density at radius 3 is 2.41 bits per heavy atom. The van der Waals surface area contributed by atoms with Crippen molar-refractivity contribution in [3.8, 4) is 0 Å². The zero-order valence-electron chi connectivity index (χ0n) is 18.2. The van der Waals surface area contributed by atoms with Gasteiger partial charge in [0.15, 0.2) is 0 Å². The first-order valence-corrected chi connectivity index (χ1v) is 10.7. The van der Waals surface area contributed by atoms with Gasteiger partial charge in [0.1, 0.15) is 6.33 Å². The number of benzene rings is 2. The summed E-state index contributed by atoms with van der Waals surface area (Å²) >= 11 is 0. The summed E-state index contributed by atoms with van der Waals surface area (Å²) in [6, 6.07) is 8.37. The van der Waals surface area contributed by atoms with Crippen molar-refractivity contribution >= 4 is 11.6 Å². The summed E-state index contributed by atoms with van der Waals surface area (Å²) in [6.07, 6.45) is -2.45. The Morgan fingerprint density at radius 2 is 1.82 bits per heavy atom. The number of nitrogens with zero attached hydrogens (tertiary/aromatic N) is 4. The third kappa shape index (κ3) is 3.14. The zero-order valence-corrected chi connectivity index (χ0v) is 18.2. The maximum atomic E-state index is 15.7. The van der Waals surface area contributed by atoms with Gasteiger partial charge < -0.3 is 9.47 Å². The smallest absolute Gasteiger partial charge is 0.316 e. The van der Waals surface area contributed by atoms with Crippen LogP contribution in [0.2, 0.25) is 0 Å². The molecule has 5 rings (SSSR count). The van der Waals surface area contributed by atoms with Crippen LogP contribution >= 0.6 is 0 Å². The van der Waals surface area contributed by atoms with Gasteiger partial charge >= 0.3 is 12.1 Å². The van der Waals surface area contributed by atoms with E-state index in [4.69, 9.17) is 0 Å². The number of hydrogen-bond donors (Lipinski definition) is 0. The van der Waals surface area contributed by atoms with Crippen LogP contribution in [0.25, 0.3) is 0 Å². The Hall–Kier alpha value is -3.30. The van der Waals surface area contributed by atoms with Crippen molar-refractivity contribution in [2.75, 3.05) is 4.90 Å². The van der Waals surface area contributed by atoms with Gasteiger partial charge in [-0.15, -0.1) is 10.2 Å². The molecule has 5 nitrogen and oxygen atoms in total. The number of halogens is 5. The minimum Gasteiger partial charge on any atom is -0.316 e. The maximum Gasteiger partial charge on any atom is 0.416 e. The maximum absolute atomic E-state index is 15.7. The van der Waals surface area contributed by atoms with E-state index in [2.05, 4.69) is 17.1 Å². The van der Waals surface area contributed by atoms with Crippen molar-refractivity contribution in [3.05, 3.63) is 83.3 Å². The fourth-order valence-electron chi connectivity index (χ4n) is 5.00. The first-order valence-electron chi connectivity index (χ1n) is 10.7. The van der Waals surface area contributed by atoms with Crippen LogP contribution in [-0.2, 0) is 31.1 Å². The molecule has 0 spiro atoms. The summed E-state index contributed by atoms with van der Waals surface area (Å²) in [7, 11) is 1.45. The number of fused-ring (bicyclic) bond motifs is 1. The summed E-state index contributed by atoms with van der Waals surface area (Å²) in [6.45, 7) is 3.25. The van der Waals surface area contributed by atoms with Gasteiger partial charge in [0.25, 0.3) is 5.91 Å². The SMILES string of the molecule is [CH2]c1cc2c(c(C(F)(F)F)c1)CN(c1cccc(C3(C(F)(F)c4nncn4C)CCC3)c1)C2=O. The number of rotatable bonds is 4. The average molecular weight is 475 g/mol. The topological polar surface area (TPSA) is 51.0 Å². The van der Waals surface area contributed by atoms with Gasteiger partial charge in [0, 0.05) is 18.3 Å². The molecule has 1 saturated carbocycles. The molecule has 0 unspecified atom stereocenters. The molecular weight excluding hydrogens is 455 g/mol. The van der Waals surface area contributed by atoms with Gasteiger partial charge in [-0.1, -0.05) is 18.6 Å². The van der Waals surface area contributed by atoms with Crippen LogP contribution in [0.3, 0.4) is 0 Å². The monoisotopic (exact) mass is 475 g/mol. The molecule has 2 aliphatic rings. The molecule has 1 amide bonds. The number of alkyl halides is 5. The highest BCUT2D eigenvalue weighted by molar-refractivity contribution is 6.10. The fraction of sp³-hybridized carbons (Fsp3) is 0.333. The Labute approximate surface area is 192 Å². The van der Waals surface area contributed by atoms with Crippen LogP contribution in [0.5, 0.6) is 0 Å². The Bertz CT molecular complexity index is 1290. The number of carbonyl (C=O) groups excluding carboxylic acids is 1. The molecule has 1 aliphatic heterocycles. The number of anilines is 1. The average Bonchev–Trinajstić information content (AvgIpc) is 3.30. The number of amides is 1. The van der Waals surface area contributed by atoms with Crippen molar-refractivity contribution in [3.63, 3.8) is 0 Å². The molecule has 10 heteroatoms. The molecule has 2 aromatic carbocycles. The molecule has 3 aromatic rings. The van der Waals surface area contributed by atoms with Crippen molar-refractivity contribution in [1.29, 1.82) is 0 Å². The lowest BCUT2D eigenvalue weighted by atomic mass is 9.60. The quantitative estimate of drug-likeness (QED) is 0.476. The molecule has 34 heavy (non-hydrogen) atoms. The van der Waals surface area contributed by atoms with Gasteiger partial charge in [0.2, 0.25) is 5.82 Å². The molecule has 0 atom stereocenters. The Morgan fingerprint density at radius 1 is 1.09 bits per heavy atom. The highest BCUT2D eigenvalue weighted by Crippen LogP contribution is 2.58. The summed E-state index contributed by atoms with van der Waals surface area (Å²) in [5, 5.41) is 7.21. The van der Waals surface area contributed by atoms with E-state index in [1.807, 2.05) is 0 Å². The number of aromatic nitrogens is 3. The summed E-state index contributed by atoms with van der Waals surface area (Å²) in [4.78, 5) is 14.3. The van der Waals surface area contributed by atoms with Gasteiger partial charge in [-0.25, -0.2) is 0 Å². The van der Waals surface area contributed by atoms with E-state index in [-0.39, 0.29) is 41.8 Å². The van der Waals surface area contributed by atoms with Crippen LogP contribution in [-0.4, -0.2) is 20.7 Å². The van der Waals surface area contributed by atoms with E-state index in [1.54, 1.807) is 18.2 Å². The van der Waals surface area contributed by atoms with Crippen molar-refractivity contribution in [2.24, 2.45) is 7.05 Å². The Kier molecular flexibility index (Phi) is 4.86. The van der Waals surface area contributed by atoms with Crippen molar-refractivity contribution in [1.82, 2.24) is 14.8 Å². The summed E-state index contributed by atoms with van der Waals surface area (Å²) in [5.74, 6) is -4.41. The van der Waals surface area contributed by atoms with Crippen LogP contribution in [0, 0.1) is 6.92 Å². The minimum atomic E-state index is -4.65. The van der Waals surface area contributed by atoms with E-state index in [9.17, 15) is 18.0 Å². The number of carbonyl (C=O) groups is 1. The lowest BCUT2D eigenvalue weighted by molar-refractivity contribution is -0.138. The minimum absolute atomic E-state index is 0.0757. The van der Waals surface area contributed by atoms with Gasteiger partial charge in [-0.2, -0.15) is 22.0 Å². The van der Waals surface area contributed by atoms with Gasteiger partial charge in [0.05, 0.1) is 17.5 Å². The molecule has 0 N–H and O–H groups in total. The van der Waals surface area contributed by atoms with Gasteiger partial charge in [-0.05, 0) is 60.7 Å². The highest BCUT2D eigenvalue weighted by Gasteiger charge is 2.61. The Balaban J connectivity index is 1.55. The van der Waals surface area contributed by atoms with E-state index >= 15 is 8.78 Å². The first kappa shape index (κ1) is 22.5. The summed E-state index contributed by atoms with van der Waals surface area (Å²) in [5.41, 5.74) is -2.03. The van der Waals surface area contributed by atoms with Crippen LogP contribution < -0.4 is 4.90 Å². The molecule has 0 saturated heterocycles. The van der Waals surface area contributed by atoms with Crippen LogP contribution in [0.1, 0.15) is 57.7 Å². The van der Waals surface area contributed by atoms with Crippen LogP contribution in [0.15, 0.2) is 42.7 Å². The molecule has 177 valence electrons. The molecule has 1 aromatic heterocycles. The van der Waals surface area contributed by atoms with Crippen molar-refractivity contribution < 1.29 is 26.7 Å². The lowest BCUT2D eigenvalue weighted by Gasteiger charge is -2.47. The molecule has 1 aliphatic carbocycles. The summed E-state index contributed by atoms with van der Waals surface area (Å²) < 4.78 is 73.4. The lowest BCUT2D eigenvalue weighted by Crippen LogP contribution is -2.50. The largest absolute Gasteiger partial charge is 0.416 e.